The number of hydrogen-bond donors (Lipinski definition) is 0. The van der Waals surface area contributed by atoms with E-state index in [4.69, 9.17) is 0 Å². The Morgan fingerprint density at radius 2 is 0.939 bits per heavy atom. The maximum Gasteiger partial charge on any atom is 0.411 e. The van der Waals surface area contributed by atoms with E-state index >= 15 is 0 Å². The van der Waals surface area contributed by atoms with Crippen LogP contribution in [0, 0.1) is 0 Å². The fourth-order valence-corrected chi connectivity index (χ4v) is 8.45. The van der Waals surface area contributed by atoms with Crippen LogP contribution >= 0.6 is 7.26 Å². The molecule has 0 aromatic heterocycles. The highest BCUT2D eigenvalue weighted by Crippen LogP contribution is 2.51. The SMILES string of the molecule is CCN1B(c2ccc([P+](C)(c3ccccc3)c3ccccc3)cc2)N(CC)c2ccccc21. The molecule has 0 amide bonds. The van der Waals surface area contributed by atoms with E-state index in [-0.39, 0.29) is 6.98 Å². The van der Waals surface area contributed by atoms with Crippen molar-refractivity contribution in [2.75, 3.05) is 29.4 Å². The van der Waals surface area contributed by atoms with E-state index in [9.17, 15) is 0 Å². The minimum Gasteiger partial charge on any atom is -0.391 e. The van der Waals surface area contributed by atoms with Gasteiger partial charge >= 0.3 is 6.98 Å². The number of rotatable bonds is 6. The largest absolute Gasteiger partial charge is 0.411 e. The van der Waals surface area contributed by atoms with Crippen molar-refractivity contribution < 1.29 is 0 Å². The number of para-hydroxylation sites is 2. The molecule has 0 saturated heterocycles. The van der Waals surface area contributed by atoms with Gasteiger partial charge in [0.1, 0.15) is 23.2 Å². The number of fused-ring (bicyclic) bond motifs is 1. The van der Waals surface area contributed by atoms with Crippen LogP contribution in [0.25, 0.3) is 0 Å². The topological polar surface area (TPSA) is 6.48 Å². The minimum atomic E-state index is -1.71. The van der Waals surface area contributed by atoms with Crippen LogP contribution in [-0.4, -0.2) is 26.7 Å². The van der Waals surface area contributed by atoms with Crippen LogP contribution in [0.1, 0.15) is 13.8 Å². The van der Waals surface area contributed by atoms with E-state index in [0.717, 1.165) is 13.1 Å². The smallest absolute Gasteiger partial charge is 0.391 e. The Balaban J connectivity index is 1.57. The number of anilines is 2. The summed E-state index contributed by atoms with van der Waals surface area (Å²) in [4.78, 5) is 5.05. The Morgan fingerprint density at radius 3 is 1.36 bits per heavy atom. The van der Waals surface area contributed by atoms with Gasteiger partial charge in [0.15, 0.2) is 0 Å². The van der Waals surface area contributed by atoms with Crippen molar-refractivity contribution >= 4 is 47.0 Å². The third-order valence-electron chi connectivity index (χ3n) is 7.03. The first kappa shape index (κ1) is 21.8. The molecule has 164 valence electrons. The summed E-state index contributed by atoms with van der Waals surface area (Å²) in [6.07, 6.45) is 0. The second-order valence-corrected chi connectivity index (χ2v) is 12.3. The molecule has 4 heteroatoms. The van der Waals surface area contributed by atoms with Gasteiger partial charge in [-0.2, -0.15) is 0 Å². The zero-order valence-corrected chi connectivity index (χ0v) is 20.6. The van der Waals surface area contributed by atoms with Crippen LogP contribution in [0.4, 0.5) is 11.4 Å². The lowest BCUT2D eigenvalue weighted by molar-refractivity contribution is 1.06. The van der Waals surface area contributed by atoms with Gasteiger partial charge in [-0.1, -0.05) is 60.7 Å². The summed E-state index contributed by atoms with van der Waals surface area (Å²) in [6.45, 7) is 9.17. The van der Waals surface area contributed by atoms with E-state index in [1.165, 1.54) is 32.8 Å². The molecule has 1 heterocycles. The van der Waals surface area contributed by atoms with Crippen molar-refractivity contribution in [2.45, 2.75) is 13.8 Å². The fraction of sp³-hybridized carbons (Fsp3) is 0.172. The van der Waals surface area contributed by atoms with E-state index in [2.05, 4.69) is 139 Å². The average Bonchev–Trinajstić information content (AvgIpc) is 3.23. The lowest BCUT2D eigenvalue weighted by Crippen LogP contribution is -2.56. The summed E-state index contributed by atoms with van der Waals surface area (Å²) in [5.41, 5.74) is 4.02. The summed E-state index contributed by atoms with van der Waals surface area (Å²) < 4.78 is 0. The normalized spacial score (nSPS) is 13.4. The van der Waals surface area contributed by atoms with Crippen LogP contribution in [0.15, 0.2) is 109 Å². The van der Waals surface area contributed by atoms with Crippen molar-refractivity contribution in [3.05, 3.63) is 109 Å². The molecule has 0 fully saturated rings. The standard InChI is InChI=1S/C29H31BN2P/c1-4-31-28-18-12-13-19-29(28)32(5-2)30(31)24-20-22-27(23-21-24)33(3,25-14-8-6-9-15-25)26-16-10-7-11-17-26/h6-23H,4-5H2,1-3H3/q+1. The van der Waals surface area contributed by atoms with E-state index in [1.807, 2.05) is 0 Å². The number of benzene rings is 4. The second kappa shape index (κ2) is 9.08. The Morgan fingerprint density at radius 1 is 0.545 bits per heavy atom. The molecule has 2 nitrogen and oxygen atoms in total. The molecule has 0 bridgehead atoms. The molecule has 4 aromatic carbocycles. The van der Waals surface area contributed by atoms with Crippen molar-refractivity contribution in [2.24, 2.45) is 0 Å². The third-order valence-corrected chi connectivity index (χ3v) is 11.0. The minimum absolute atomic E-state index is 0.240. The maximum absolute atomic E-state index is 2.52. The molecule has 4 aromatic rings. The molecule has 5 rings (SSSR count). The van der Waals surface area contributed by atoms with Gasteiger partial charge in [-0.15, -0.1) is 0 Å². The first-order valence-electron chi connectivity index (χ1n) is 11.9. The summed E-state index contributed by atoms with van der Waals surface area (Å²) in [5.74, 6) is 0. The molecule has 0 unspecified atom stereocenters. The highest BCUT2D eigenvalue weighted by Gasteiger charge is 2.42. The Kier molecular flexibility index (Phi) is 6.00. The third kappa shape index (κ3) is 3.65. The number of nitrogens with zero attached hydrogens (tertiary/aromatic N) is 2. The van der Waals surface area contributed by atoms with Gasteiger partial charge in [-0.3, -0.25) is 0 Å². The van der Waals surface area contributed by atoms with E-state index in [0.29, 0.717) is 0 Å². The summed E-state index contributed by atoms with van der Waals surface area (Å²) in [7, 11) is -1.71. The number of hydrogen-bond acceptors (Lipinski definition) is 2. The molecule has 1 aliphatic heterocycles. The van der Waals surface area contributed by atoms with Gasteiger partial charge < -0.3 is 9.62 Å². The zero-order chi connectivity index (χ0) is 22.8. The molecule has 0 N–H and O–H groups in total. The van der Waals surface area contributed by atoms with Gasteiger partial charge in [-0.25, -0.2) is 0 Å². The summed E-state index contributed by atoms with van der Waals surface area (Å²) in [6, 6.07) is 40.3. The molecule has 0 saturated carbocycles. The second-order valence-electron chi connectivity index (χ2n) is 8.70. The zero-order valence-electron chi connectivity index (χ0n) is 19.7. The van der Waals surface area contributed by atoms with E-state index in [1.54, 1.807) is 0 Å². The van der Waals surface area contributed by atoms with Crippen LogP contribution in [0.2, 0.25) is 0 Å². The van der Waals surface area contributed by atoms with Crippen molar-refractivity contribution in [1.82, 2.24) is 0 Å². The Hall–Kier alpha value is -3.03. The predicted octanol–water partition coefficient (Wildman–Crippen LogP) is 4.67. The molecule has 0 spiro atoms. The van der Waals surface area contributed by atoms with Gasteiger partial charge in [0.25, 0.3) is 0 Å². The monoisotopic (exact) mass is 449 g/mol. The molecule has 33 heavy (non-hydrogen) atoms. The van der Waals surface area contributed by atoms with Gasteiger partial charge in [-0.05, 0) is 67.8 Å². The highest BCUT2D eigenvalue weighted by molar-refractivity contribution is 7.95. The predicted molar refractivity (Wildman–Crippen MR) is 149 cm³/mol. The van der Waals surface area contributed by atoms with Crippen LogP contribution in [0.3, 0.4) is 0 Å². The molecule has 0 aliphatic carbocycles. The molecule has 0 radical (unpaired) electrons. The Bertz CT molecular complexity index is 1140. The maximum atomic E-state index is 2.52. The average molecular weight is 449 g/mol. The molecule has 0 atom stereocenters. The van der Waals surface area contributed by atoms with Crippen molar-refractivity contribution in [3.63, 3.8) is 0 Å². The van der Waals surface area contributed by atoms with Crippen LogP contribution < -0.4 is 31.0 Å². The molecule has 1 aliphatic rings. The quantitative estimate of drug-likeness (QED) is 0.312. The van der Waals surface area contributed by atoms with Crippen LogP contribution in [-0.2, 0) is 0 Å². The lowest BCUT2D eigenvalue weighted by Gasteiger charge is -2.29. The first-order chi connectivity index (χ1) is 16.2. The molecular formula is C29H31BN2P+. The summed E-state index contributed by atoms with van der Waals surface area (Å²) >= 11 is 0. The van der Waals surface area contributed by atoms with E-state index < -0.39 is 7.26 Å². The van der Waals surface area contributed by atoms with Crippen molar-refractivity contribution in [3.8, 4) is 0 Å². The van der Waals surface area contributed by atoms with Gasteiger partial charge in [0.2, 0.25) is 0 Å². The fourth-order valence-electron chi connectivity index (χ4n) is 5.27. The highest BCUT2D eigenvalue weighted by atomic mass is 31.2. The first-order valence-corrected chi connectivity index (χ1v) is 14.1. The lowest BCUT2D eigenvalue weighted by atomic mass is 9.65. The van der Waals surface area contributed by atoms with Gasteiger partial charge in [0, 0.05) is 24.5 Å². The molecular weight excluding hydrogens is 418 g/mol. The summed E-state index contributed by atoms with van der Waals surface area (Å²) in [5, 5.41) is 4.26. The van der Waals surface area contributed by atoms with Crippen LogP contribution in [0.5, 0.6) is 0 Å². The van der Waals surface area contributed by atoms with Gasteiger partial charge in [0.05, 0.1) is 6.66 Å². The van der Waals surface area contributed by atoms with Crippen molar-refractivity contribution in [1.29, 1.82) is 0 Å². The Labute approximate surface area is 199 Å².